The Morgan fingerprint density at radius 3 is 2.07 bits per heavy atom. The quantitative estimate of drug-likeness (QED) is 0.542. The summed E-state index contributed by atoms with van der Waals surface area (Å²) < 4.78 is 13.4. The number of alkyl halides is 1. The zero-order valence-electron chi connectivity index (χ0n) is 16.8. The topological polar surface area (TPSA) is 49.6 Å². The van der Waals surface area contributed by atoms with Crippen LogP contribution in [-0.4, -0.2) is 48.7 Å². The molecule has 1 aliphatic heterocycles. The van der Waals surface area contributed by atoms with E-state index in [2.05, 4.69) is 9.80 Å². The predicted molar refractivity (Wildman–Crippen MR) is 109 cm³/mol. The number of hydrogen-bond acceptors (Lipinski definition) is 4. The van der Waals surface area contributed by atoms with E-state index in [0.717, 1.165) is 76.9 Å². The first kappa shape index (κ1) is 21.6. The van der Waals surface area contributed by atoms with Crippen LogP contribution in [0.1, 0.15) is 52.4 Å². The van der Waals surface area contributed by atoms with E-state index in [9.17, 15) is 14.5 Å². The van der Waals surface area contributed by atoms with Crippen molar-refractivity contribution in [1.82, 2.24) is 4.90 Å². The number of nitro groups is 1. The number of anilines is 1. The molecule has 0 radical (unpaired) electrons. The van der Waals surface area contributed by atoms with Gasteiger partial charge < -0.3 is 4.90 Å². The molecule has 1 heterocycles. The molecule has 0 spiro atoms. The lowest BCUT2D eigenvalue weighted by atomic mass is 9.90. The Kier molecular flexibility index (Phi) is 8.98. The summed E-state index contributed by atoms with van der Waals surface area (Å²) in [7, 11) is 0. The molecule has 1 saturated carbocycles. The Bertz CT molecular complexity index is 549. The van der Waals surface area contributed by atoms with Gasteiger partial charge in [-0.2, -0.15) is 0 Å². The van der Waals surface area contributed by atoms with Crippen molar-refractivity contribution < 1.29 is 9.31 Å². The van der Waals surface area contributed by atoms with E-state index in [0.29, 0.717) is 5.92 Å². The zero-order chi connectivity index (χ0) is 19.6. The number of benzene rings is 1. The van der Waals surface area contributed by atoms with Gasteiger partial charge in [0.1, 0.15) is 6.17 Å². The van der Waals surface area contributed by atoms with Crippen molar-refractivity contribution in [2.75, 3.05) is 37.6 Å². The number of halogens is 1. The lowest BCUT2D eigenvalue weighted by Crippen LogP contribution is -2.47. The summed E-state index contributed by atoms with van der Waals surface area (Å²) in [5.74, 6) is 0.707. The van der Waals surface area contributed by atoms with Gasteiger partial charge in [0.2, 0.25) is 0 Å². The predicted octanol–water partition coefficient (Wildman–Crippen LogP) is 5.05. The minimum atomic E-state index is -0.578. The maximum absolute atomic E-state index is 13.4. The molecule has 0 atom stereocenters. The molecule has 2 fully saturated rings. The highest BCUT2D eigenvalue weighted by atomic mass is 19.1. The Labute approximate surface area is 162 Å². The molecule has 1 aromatic carbocycles. The summed E-state index contributed by atoms with van der Waals surface area (Å²) in [6.07, 6.45) is 5.26. The molecule has 0 aromatic heterocycles. The fourth-order valence-electron chi connectivity index (χ4n) is 4.07. The van der Waals surface area contributed by atoms with E-state index in [1.807, 2.05) is 26.0 Å². The fraction of sp³-hybridized carbons (Fsp3) is 0.714. The van der Waals surface area contributed by atoms with Crippen LogP contribution in [0.5, 0.6) is 0 Å². The number of nitro benzene ring substituents is 1. The molecular weight excluding hydrogens is 345 g/mol. The normalized spacial score (nSPS) is 24.3. The largest absolute Gasteiger partial charge is 0.369 e. The number of rotatable bonds is 4. The SMILES string of the molecule is CC.O=[N+]([O-])c1ccc(N2CCN(CC3CCCC(F)CCC3)CC2)cc1. The first-order valence-electron chi connectivity index (χ1n) is 10.5. The van der Waals surface area contributed by atoms with E-state index in [1.165, 1.54) is 0 Å². The van der Waals surface area contributed by atoms with Crippen molar-refractivity contribution in [3.63, 3.8) is 0 Å². The van der Waals surface area contributed by atoms with Crippen LogP contribution in [0.25, 0.3) is 0 Å². The van der Waals surface area contributed by atoms with Gasteiger partial charge in [-0.25, -0.2) is 4.39 Å². The lowest BCUT2D eigenvalue weighted by Gasteiger charge is -2.38. The second kappa shape index (κ2) is 11.2. The third kappa shape index (κ3) is 6.76. The summed E-state index contributed by atoms with van der Waals surface area (Å²) in [5, 5.41) is 10.7. The Balaban J connectivity index is 0.00000126. The van der Waals surface area contributed by atoms with Gasteiger partial charge in [-0.15, -0.1) is 0 Å². The van der Waals surface area contributed by atoms with Gasteiger partial charge in [0.25, 0.3) is 5.69 Å². The molecule has 152 valence electrons. The molecule has 0 N–H and O–H groups in total. The third-order valence-electron chi connectivity index (χ3n) is 5.57. The first-order chi connectivity index (χ1) is 13.1. The molecule has 6 heteroatoms. The van der Waals surface area contributed by atoms with Crippen LogP contribution in [-0.2, 0) is 0 Å². The standard InChI is InChI=1S/C19H28FN3O2.C2H6/c20-17-5-1-3-16(4-2-6-17)15-21-11-13-22(14-12-21)18-7-9-19(10-8-18)23(24)25;1-2/h7-10,16-17H,1-6,11-15H2;1-2H3. The smallest absolute Gasteiger partial charge is 0.269 e. The molecule has 0 unspecified atom stereocenters. The maximum Gasteiger partial charge on any atom is 0.269 e. The van der Waals surface area contributed by atoms with Gasteiger partial charge >= 0.3 is 0 Å². The third-order valence-corrected chi connectivity index (χ3v) is 5.57. The number of hydrogen-bond donors (Lipinski definition) is 0. The van der Waals surface area contributed by atoms with Crippen LogP contribution in [0.15, 0.2) is 24.3 Å². The van der Waals surface area contributed by atoms with E-state index in [4.69, 9.17) is 0 Å². The van der Waals surface area contributed by atoms with Crippen molar-refractivity contribution in [3.8, 4) is 0 Å². The van der Waals surface area contributed by atoms with Gasteiger partial charge in [0.15, 0.2) is 0 Å². The Morgan fingerprint density at radius 2 is 1.56 bits per heavy atom. The summed E-state index contributed by atoms with van der Waals surface area (Å²) >= 11 is 0. The van der Waals surface area contributed by atoms with Crippen molar-refractivity contribution in [3.05, 3.63) is 34.4 Å². The molecule has 1 saturated heterocycles. The van der Waals surface area contributed by atoms with Crippen LogP contribution in [0.3, 0.4) is 0 Å². The van der Waals surface area contributed by atoms with Gasteiger partial charge in [-0.05, 0) is 43.7 Å². The molecule has 0 bridgehead atoms. The van der Waals surface area contributed by atoms with Crippen LogP contribution >= 0.6 is 0 Å². The minimum Gasteiger partial charge on any atom is -0.369 e. The highest BCUT2D eigenvalue weighted by molar-refractivity contribution is 5.51. The highest BCUT2D eigenvalue weighted by Gasteiger charge is 2.22. The fourth-order valence-corrected chi connectivity index (χ4v) is 4.07. The van der Waals surface area contributed by atoms with Crippen molar-refractivity contribution in [2.24, 2.45) is 5.92 Å². The second-order valence-electron chi connectivity index (χ2n) is 7.39. The summed E-state index contributed by atoms with van der Waals surface area (Å²) in [5.41, 5.74) is 1.20. The summed E-state index contributed by atoms with van der Waals surface area (Å²) in [4.78, 5) is 15.2. The Morgan fingerprint density at radius 1 is 1.00 bits per heavy atom. The number of nitrogens with zero attached hydrogens (tertiary/aromatic N) is 3. The van der Waals surface area contributed by atoms with Crippen LogP contribution in [0, 0.1) is 16.0 Å². The second-order valence-corrected chi connectivity index (χ2v) is 7.39. The van der Waals surface area contributed by atoms with Crippen molar-refractivity contribution in [2.45, 2.75) is 58.5 Å². The average molecular weight is 380 g/mol. The molecule has 5 nitrogen and oxygen atoms in total. The van der Waals surface area contributed by atoms with E-state index < -0.39 is 6.17 Å². The lowest BCUT2D eigenvalue weighted by molar-refractivity contribution is -0.384. The minimum absolute atomic E-state index is 0.141. The van der Waals surface area contributed by atoms with E-state index >= 15 is 0 Å². The monoisotopic (exact) mass is 379 g/mol. The first-order valence-corrected chi connectivity index (χ1v) is 10.5. The molecular formula is C21H34FN3O2. The van der Waals surface area contributed by atoms with Crippen molar-refractivity contribution >= 4 is 11.4 Å². The van der Waals surface area contributed by atoms with E-state index in [-0.39, 0.29) is 10.6 Å². The van der Waals surface area contributed by atoms with Gasteiger partial charge in [-0.1, -0.05) is 26.7 Å². The Hall–Kier alpha value is -1.69. The average Bonchev–Trinajstić information content (AvgIpc) is 2.68. The van der Waals surface area contributed by atoms with Crippen LogP contribution in [0.4, 0.5) is 15.8 Å². The molecule has 27 heavy (non-hydrogen) atoms. The molecule has 3 rings (SSSR count). The van der Waals surface area contributed by atoms with Gasteiger partial charge in [0.05, 0.1) is 4.92 Å². The highest BCUT2D eigenvalue weighted by Crippen LogP contribution is 2.26. The van der Waals surface area contributed by atoms with Gasteiger partial charge in [-0.3, -0.25) is 15.0 Å². The van der Waals surface area contributed by atoms with Crippen molar-refractivity contribution in [1.29, 1.82) is 0 Å². The number of piperazine rings is 1. The van der Waals surface area contributed by atoms with Crippen LogP contribution in [0.2, 0.25) is 0 Å². The summed E-state index contributed by atoms with van der Waals surface area (Å²) in [6, 6.07) is 6.84. The molecule has 0 amide bonds. The summed E-state index contributed by atoms with van der Waals surface area (Å²) in [6.45, 7) is 9.09. The zero-order valence-corrected chi connectivity index (χ0v) is 16.8. The molecule has 1 aliphatic carbocycles. The molecule has 2 aliphatic rings. The maximum atomic E-state index is 13.4. The number of non-ortho nitro benzene ring substituents is 1. The van der Waals surface area contributed by atoms with E-state index in [1.54, 1.807) is 12.1 Å². The van der Waals surface area contributed by atoms with Crippen LogP contribution < -0.4 is 4.90 Å². The molecule has 1 aromatic rings. The van der Waals surface area contributed by atoms with Gasteiger partial charge in [0, 0.05) is 50.5 Å².